The topological polar surface area (TPSA) is 56.9 Å². The summed E-state index contributed by atoms with van der Waals surface area (Å²) in [5.74, 6) is 0. The Morgan fingerprint density at radius 2 is 2.29 bits per heavy atom. The molecule has 0 aliphatic carbocycles. The molecule has 1 aromatic heterocycles. The minimum absolute atomic E-state index is 0.0408. The molecule has 0 unspecified atom stereocenters. The van der Waals surface area contributed by atoms with E-state index in [-0.39, 0.29) is 11.1 Å². The molecular formula is C9H8F2N2O. The minimum Gasteiger partial charge on any atom is -0.392 e. The van der Waals surface area contributed by atoms with Crippen LogP contribution in [-0.4, -0.2) is 10.1 Å². The Bertz CT molecular complexity index is 385. The molecule has 0 aromatic carbocycles. The lowest BCUT2D eigenvalue weighted by Crippen LogP contribution is -2.03. The molecule has 0 atom stereocenters. The number of nitrogens with zero attached hydrogens (tertiary/aromatic N) is 2. The van der Waals surface area contributed by atoms with E-state index in [1.807, 2.05) is 6.07 Å². The number of nitriles is 1. The lowest BCUT2D eigenvalue weighted by Gasteiger charge is -2.09. The van der Waals surface area contributed by atoms with Crippen LogP contribution in [0.4, 0.5) is 8.78 Å². The van der Waals surface area contributed by atoms with Crippen molar-refractivity contribution >= 4 is 0 Å². The van der Waals surface area contributed by atoms with Gasteiger partial charge in [0.1, 0.15) is 11.8 Å². The van der Waals surface area contributed by atoms with Gasteiger partial charge >= 0.3 is 0 Å². The highest BCUT2D eigenvalue weighted by molar-refractivity contribution is 5.42. The molecule has 0 bridgehead atoms. The Morgan fingerprint density at radius 3 is 2.71 bits per heavy atom. The molecule has 0 saturated carbocycles. The first kappa shape index (κ1) is 10.5. The van der Waals surface area contributed by atoms with Crippen molar-refractivity contribution in [3.8, 4) is 6.07 Å². The average molecular weight is 198 g/mol. The molecule has 0 aliphatic heterocycles. The first-order valence-corrected chi connectivity index (χ1v) is 3.89. The van der Waals surface area contributed by atoms with Gasteiger partial charge in [-0.05, 0) is 12.5 Å². The number of hydrogen-bond donors (Lipinski definition) is 1. The van der Waals surface area contributed by atoms with E-state index in [0.717, 1.165) is 6.20 Å². The normalized spacial score (nSPS) is 10.3. The van der Waals surface area contributed by atoms with E-state index in [4.69, 9.17) is 10.4 Å². The summed E-state index contributed by atoms with van der Waals surface area (Å²) in [5, 5.41) is 17.5. The van der Waals surface area contributed by atoms with E-state index in [2.05, 4.69) is 4.98 Å². The number of halogens is 2. The van der Waals surface area contributed by atoms with Crippen molar-refractivity contribution in [2.45, 2.75) is 20.0 Å². The van der Waals surface area contributed by atoms with Crippen LogP contribution >= 0.6 is 0 Å². The fraction of sp³-hybridized carbons (Fsp3) is 0.333. The number of rotatable bonds is 2. The summed E-state index contributed by atoms with van der Waals surface area (Å²) in [5.41, 5.74) is 0.154. The second kappa shape index (κ2) is 4.11. The van der Waals surface area contributed by atoms with E-state index in [1.165, 1.54) is 6.92 Å². The third kappa shape index (κ3) is 1.70. The van der Waals surface area contributed by atoms with Gasteiger partial charge in [0.05, 0.1) is 12.2 Å². The standard InChI is InChI=1S/C9H8F2N2O/c1-5-6(2-12)3-13-8(9(10)11)7(5)4-14/h3,9,14H,4H2,1H3. The van der Waals surface area contributed by atoms with Gasteiger partial charge < -0.3 is 5.11 Å². The zero-order valence-electron chi connectivity index (χ0n) is 7.46. The molecule has 14 heavy (non-hydrogen) atoms. The summed E-state index contributed by atoms with van der Waals surface area (Å²) in [6.45, 7) is 0.978. The van der Waals surface area contributed by atoms with Crippen LogP contribution in [0.2, 0.25) is 0 Å². The predicted octanol–water partition coefficient (Wildman–Crippen LogP) is 1.69. The number of pyridine rings is 1. The van der Waals surface area contributed by atoms with Crippen molar-refractivity contribution in [2.24, 2.45) is 0 Å². The SMILES string of the molecule is Cc1c(C#N)cnc(C(F)F)c1CO. The first-order chi connectivity index (χ1) is 6.61. The van der Waals surface area contributed by atoms with E-state index in [0.29, 0.717) is 5.56 Å². The maximum atomic E-state index is 12.4. The van der Waals surface area contributed by atoms with Crippen LogP contribution in [0.1, 0.15) is 28.8 Å². The minimum atomic E-state index is -2.73. The van der Waals surface area contributed by atoms with E-state index >= 15 is 0 Å². The summed E-state index contributed by atoms with van der Waals surface area (Å²) in [6, 6.07) is 1.82. The monoisotopic (exact) mass is 198 g/mol. The van der Waals surface area contributed by atoms with Gasteiger partial charge in [-0.3, -0.25) is 4.98 Å². The summed E-state index contributed by atoms with van der Waals surface area (Å²) in [7, 11) is 0. The molecule has 0 amide bonds. The van der Waals surface area contributed by atoms with Crippen LogP contribution in [0.5, 0.6) is 0 Å². The third-order valence-electron chi connectivity index (χ3n) is 1.98. The van der Waals surface area contributed by atoms with Gasteiger partial charge in [0.15, 0.2) is 0 Å². The van der Waals surface area contributed by atoms with Crippen LogP contribution in [0, 0.1) is 18.3 Å². The second-order valence-electron chi connectivity index (χ2n) is 2.73. The van der Waals surface area contributed by atoms with E-state index < -0.39 is 18.7 Å². The fourth-order valence-corrected chi connectivity index (χ4v) is 1.16. The molecule has 0 aliphatic rings. The predicted molar refractivity (Wildman–Crippen MR) is 44.6 cm³/mol. The number of aromatic nitrogens is 1. The number of aliphatic hydroxyl groups is 1. The second-order valence-corrected chi connectivity index (χ2v) is 2.73. The quantitative estimate of drug-likeness (QED) is 0.786. The van der Waals surface area contributed by atoms with Gasteiger partial charge in [-0.2, -0.15) is 5.26 Å². The van der Waals surface area contributed by atoms with E-state index in [1.54, 1.807) is 0 Å². The zero-order chi connectivity index (χ0) is 10.7. The fourth-order valence-electron chi connectivity index (χ4n) is 1.16. The van der Waals surface area contributed by atoms with Crippen LogP contribution in [0.15, 0.2) is 6.20 Å². The van der Waals surface area contributed by atoms with Crippen molar-refractivity contribution in [1.29, 1.82) is 5.26 Å². The molecular weight excluding hydrogens is 190 g/mol. The largest absolute Gasteiger partial charge is 0.392 e. The first-order valence-electron chi connectivity index (χ1n) is 3.89. The van der Waals surface area contributed by atoms with Crippen molar-refractivity contribution in [3.05, 3.63) is 28.6 Å². The molecule has 74 valence electrons. The van der Waals surface area contributed by atoms with Crippen molar-refractivity contribution in [1.82, 2.24) is 4.98 Å². The van der Waals surface area contributed by atoms with Gasteiger partial charge in [-0.25, -0.2) is 8.78 Å². The molecule has 0 saturated heterocycles. The molecule has 1 aromatic rings. The number of hydrogen-bond acceptors (Lipinski definition) is 3. The van der Waals surface area contributed by atoms with Crippen molar-refractivity contribution in [2.75, 3.05) is 0 Å². The lowest BCUT2D eigenvalue weighted by atomic mass is 10.0. The number of aliphatic hydroxyl groups excluding tert-OH is 1. The highest BCUT2D eigenvalue weighted by Crippen LogP contribution is 2.24. The maximum absolute atomic E-state index is 12.4. The Morgan fingerprint density at radius 1 is 1.64 bits per heavy atom. The molecule has 3 nitrogen and oxygen atoms in total. The van der Waals surface area contributed by atoms with Crippen molar-refractivity contribution < 1.29 is 13.9 Å². The Labute approximate surface area is 79.6 Å². The smallest absolute Gasteiger partial charge is 0.280 e. The van der Waals surface area contributed by atoms with Crippen LogP contribution in [-0.2, 0) is 6.61 Å². The molecule has 1 N–H and O–H groups in total. The van der Waals surface area contributed by atoms with Gasteiger partial charge in [-0.1, -0.05) is 0 Å². The molecule has 0 spiro atoms. The molecule has 1 heterocycles. The number of alkyl halides is 2. The maximum Gasteiger partial charge on any atom is 0.280 e. The van der Waals surface area contributed by atoms with Crippen LogP contribution < -0.4 is 0 Å². The summed E-state index contributed by atoms with van der Waals surface area (Å²) < 4.78 is 24.7. The van der Waals surface area contributed by atoms with Gasteiger partial charge in [-0.15, -0.1) is 0 Å². The molecule has 0 fully saturated rings. The highest BCUT2D eigenvalue weighted by Gasteiger charge is 2.17. The summed E-state index contributed by atoms with van der Waals surface area (Å²) >= 11 is 0. The van der Waals surface area contributed by atoms with Gasteiger partial charge in [0.25, 0.3) is 6.43 Å². The zero-order valence-corrected chi connectivity index (χ0v) is 7.46. The van der Waals surface area contributed by atoms with Crippen LogP contribution in [0.25, 0.3) is 0 Å². The van der Waals surface area contributed by atoms with Gasteiger partial charge in [0, 0.05) is 11.8 Å². The highest BCUT2D eigenvalue weighted by atomic mass is 19.3. The molecule has 5 heteroatoms. The molecule has 1 rings (SSSR count). The van der Waals surface area contributed by atoms with Crippen LogP contribution in [0.3, 0.4) is 0 Å². The Balaban J connectivity index is 3.38. The average Bonchev–Trinajstić information content (AvgIpc) is 2.17. The Hall–Kier alpha value is -1.54. The lowest BCUT2D eigenvalue weighted by molar-refractivity contribution is 0.141. The van der Waals surface area contributed by atoms with Crippen molar-refractivity contribution in [3.63, 3.8) is 0 Å². The van der Waals surface area contributed by atoms with E-state index in [9.17, 15) is 8.78 Å². The van der Waals surface area contributed by atoms with Gasteiger partial charge in [0.2, 0.25) is 0 Å². The Kier molecular flexibility index (Phi) is 3.10. The third-order valence-corrected chi connectivity index (χ3v) is 1.98. The summed E-state index contributed by atoms with van der Waals surface area (Å²) in [6.07, 6.45) is -1.64. The summed E-state index contributed by atoms with van der Waals surface area (Å²) in [4.78, 5) is 3.45. The molecule has 0 radical (unpaired) electrons.